The highest BCUT2D eigenvalue weighted by Gasteiger charge is 2.30. The molecule has 586 valence electrons. The SMILES string of the molecule is CCCCC/C=C\C/C=C\C/C=C\CCCCCCCCC(=O)OCC(COP(=O)(O)OCC(O)COP(=O)(O)OCC(COC(=O)CCCCCCC/C=C\CCCCCCCC)OC(=O)CCCCCCCCCCCCC)OC(=O)CCCCCCCCCCCCCCCCC. The molecule has 0 aliphatic heterocycles. The van der Waals surface area contributed by atoms with Gasteiger partial charge in [-0.05, 0) is 89.9 Å². The van der Waals surface area contributed by atoms with Gasteiger partial charge >= 0.3 is 39.5 Å². The summed E-state index contributed by atoms with van der Waals surface area (Å²) in [6.07, 6.45) is 72.2. The van der Waals surface area contributed by atoms with Crippen molar-refractivity contribution in [3.05, 3.63) is 48.6 Å². The summed E-state index contributed by atoms with van der Waals surface area (Å²) in [5, 5.41) is 10.6. The summed E-state index contributed by atoms with van der Waals surface area (Å²) in [4.78, 5) is 73.0. The van der Waals surface area contributed by atoms with Gasteiger partial charge < -0.3 is 33.8 Å². The fraction of sp³-hybridized carbons (Fsp3) is 0.852. The molecule has 0 aromatic rings. The molecule has 0 spiro atoms. The highest BCUT2D eigenvalue weighted by atomic mass is 31.2. The number of carbonyl (C=O) groups is 4. The molecule has 0 heterocycles. The monoisotopic (exact) mass is 1460 g/mol. The first-order valence-corrected chi connectivity index (χ1v) is 43.9. The van der Waals surface area contributed by atoms with Crippen molar-refractivity contribution in [3.8, 4) is 0 Å². The molecule has 0 rings (SSSR count). The van der Waals surface area contributed by atoms with Gasteiger partial charge in [0.15, 0.2) is 12.2 Å². The van der Waals surface area contributed by atoms with E-state index in [4.69, 9.17) is 37.0 Å². The Hall–Kier alpha value is -2.98. The number of phosphoric acid groups is 2. The molecular weight excluding hydrogens is 1310 g/mol. The third kappa shape index (κ3) is 73.3. The molecule has 0 aliphatic carbocycles. The fourth-order valence-corrected chi connectivity index (χ4v) is 13.1. The molecular formula is C81H150O17P2. The van der Waals surface area contributed by atoms with Crippen LogP contribution in [-0.4, -0.2) is 96.7 Å². The molecule has 0 aromatic heterocycles. The molecule has 0 bridgehead atoms. The van der Waals surface area contributed by atoms with E-state index in [1.165, 1.54) is 161 Å². The molecule has 0 saturated carbocycles. The van der Waals surface area contributed by atoms with Crippen LogP contribution in [0.2, 0.25) is 0 Å². The second kappa shape index (κ2) is 74.3. The van der Waals surface area contributed by atoms with Crippen LogP contribution in [-0.2, 0) is 65.4 Å². The predicted octanol–water partition coefficient (Wildman–Crippen LogP) is 23.7. The molecule has 0 saturated heterocycles. The predicted molar refractivity (Wildman–Crippen MR) is 409 cm³/mol. The number of esters is 4. The summed E-state index contributed by atoms with van der Waals surface area (Å²) in [6.45, 7) is 4.90. The number of allylic oxidation sites excluding steroid dienone is 8. The van der Waals surface area contributed by atoms with Crippen molar-refractivity contribution < 1.29 is 80.2 Å². The first-order valence-electron chi connectivity index (χ1n) is 40.9. The van der Waals surface area contributed by atoms with Crippen molar-refractivity contribution in [2.45, 2.75) is 406 Å². The smallest absolute Gasteiger partial charge is 0.462 e. The van der Waals surface area contributed by atoms with Crippen LogP contribution >= 0.6 is 15.6 Å². The van der Waals surface area contributed by atoms with E-state index < -0.39 is 97.5 Å². The number of carbonyl (C=O) groups excluding carboxylic acids is 4. The van der Waals surface area contributed by atoms with Gasteiger partial charge in [-0.15, -0.1) is 0 Å². The Morgan fingerprint density at radius 1 is 0.280 bits per heavy atom. The van der Waals surface area contributed by atoms with Crippen LogP contribution in [0.15, 0.2) is 48.6 Å². The Labute approximate surface area is 610 Å². The molecule has 0 aromatic carbocycles. The minimum atomic E-state index is -4.97. The molecule has 0 aliphatic rings. The lowest BCUT2D eigenvalue weighted by Crippen LogP contribution is -2.30. The maximum atomic E-state index is 13.1. The van der Waals surface area contributed by atoms with Crippen LogP contribution in [0.5, 0.6) is 0 Å². The van der Waals surface area contributed by atoms with Crippen LogP contribution in [0.25, 0.3) is 0 Å². The molecule has 0 radical (unpaired) electrons. The number of rotatable bonds is 78. The van der Waals surface area contributed by atoms with E-state index in [1.807, 2.05) is 0 Å². The maximum absolute atomic E-state index is 13.1. The van der Waals surface area contributed by atoms with E-state index in [1.54, 1.807) is 0 Å². The molecule has 19 heteroatoms. The van der Waals surface area contributed by atoms with E-state index in [0.29, 0.717) is 25.7 Å². The third-order valence-corrected chi connectivity index (χ3v) is 19.7. The van der Waals surface area contributed by atoms with Gasteiger partial charge in [0, 0.05) is 25.7 Å². The van der Waals surface area contributed by atoms with Gasteiger partial charge in [-0.2, -0.15) is 0 Å². The number of aliphatic hydroxyl groups is 1. The van der Waals surface area contributed by atoms with Crippen molar-refractivity contribution in [3.63, 3.8) is 0 Å². The van der Waals surface area contributed by atoms with Gasteiger partial charge in [0.25, 0.3) is 0 Å². The van der Waals surface area contributed by atoms with E-state index in [9.17, 15) is 43.2 Å². The van der Waals surface area contributed by atoms with E-state index in [0.717, 1.165) is 148 Å². The van der Waals surface area contributed by atoms with E-state index in [2.05, 4.69) is 76.3 Å². The minimum Gasteiger partial charge on any atom is -0.462 e. The van der Waals surface area contributed by atoms with Crippen LogP contribution in [0.1, 0.15) is 387 Å². The number of hydrogen-bond acceptors (Lipinski definition) is 15. The number of unbranched alkanes of at least 4 members (excludes halogenated alkanes) is 44. The highest BCUT2D eigenvalue weighted by Crippen LogP contribution is 2.45. The quantitative estimate of drug-likeness (QED) is 0.0169. The Morgan fingerprint density at radius 3 is 0.780 bits per heavy atom. The van der Waals surface area contributed by atoms with Gasteiger partial charge in [0.1, 0.15) is 19.3 Å². The summed E-state index contributed by atoms with van der Waals surface area (Å²) >= 11 is 0. The molecule has 0 fully saturated rings. The van der Waals surface area contributed by atoms with Crippen molar-refractivity contribution in [1.29, 1.82) is 0 Å². The van der Waals surface area contributed by atoms with Crippen LogP contribution in [0, 0.1) is 0 Å². The average molecular weight is 1460 g/mol. The van der Waals surface area contributed by atoms with Gasteiger partial charge in [-0.1, -0.05) is 320 Å². The van der Waals surface area contributed by atoms with Gasteiger partial charge in [-0.3, -0.25) is 37.3 Å². The first-order chi connectivity index (χ1) is 48.7. The topological polar surface area (TPSA) is 237 Å². The standard InChI is InChI=1S/C81H150O17P2/c1-5-9-13-17-21-25-29-32-35-36-37-38-41-43-47-50-54-58-62-66-79(84)92-72-77(98-81(86)68-64-60-56-52-48-44-40-34-31-27-23-19-15-11-7-3)74-96-100(89,90)94-70-75(82)69-93-99(87,88)95-73-76(97-80(85)67-63-59-55-51-45-28-24-20-16-12-8-4)71-91-78(83)65-61-57-53-49-46-42-39-33-30-26-22-18-14-10-6-2/h21,25,32-33,35,37-39,75-77,82H,5-20,22-24,26-31,34,36,40-74H2,1-4H3,(H,87,88)(H,89,90)/b25-21-,35-32-,38-37-,39-33-. The summed E-state index contributed by atoms with van der Waals surface area (Å²) in [7, 11) is -9.94. The molecule has 5 atom stereocenters. The zero-order valence-electron chi connectivity index (χ0n) is 64.1. The first kappa shape index (κ1) is 97.0. The van der Waals surface area contributed by atoms with Crippen molar-refractivity contribution in [1.82, 2.24) is 0 Å². The third-order valence-electron chi connectivity index (χ3n) is 17.8. The van der Waals surface area contributed by atoms with E-state index >= 15 is 0 Å². The Bertz CT molecular complexity index is 2080. The maximum Gasteiger partial charge on any atom is 0.472 e. The van der Waals surface area contributed by atoms with Crippen LogP contribution in [0.4, 0.5) is 0 Å². The van der Waals surface area contributed by atoms with Gasteiger partial charge in [0.2, 0.25) is 0 Å². The van der Waals surface area contributed by atoms with Crippen molar-refractivity contribution in [2.24, 2.45) is 0 Å². The molecule has 3 N–H and O–H groups in total. The lowest BCUT2D eigenvalue weighted by molar-refractivity contribution is -0.161. The summed E-state index contributed by atoms with van der Waals surface area (Å²) in [6, 6.07) is 0. The lowest BCUT2D eigenvalue weighted by atomic mass is 10.0. The molecule has 0 amide bonds. The van der Waals surface area contributed by atoms with Crippen LogP contribution < -0.4 is 0 Å². The zero-order valence-corrected chi connectivity index (χ0v) is 65.9. The summed E-state index contributed by atoms with van der Waals surface area (Å²) in [5.41, 5.74) is 0. The Balaban J connectivity index is 5.29. The summed E-state index contributed by atoms with van der Waals surface area (Å²) in [5.74, 6) is -2.15. The van der Waals surface area contributed by atoms with Gasteiger partial charge in [-0.25, -0.2) is 9.13 Å². The average Bonchev–Trinajstić information content (AvgIpc) is 0.985. The molecule has 5 unspecified atom stereocenters. The van der Waals surface area contributed by atoms with Crippen molar-refractivity contribution >= 4 is 39.5 Å². The Kier molecular flexibility index (Phi) is 72.1. The number of phosphoric ester groups is 2. The highest BCUT2D eigenvalue weighted by molar-refractivity contribution is 7.47. The molecule has 17 nitrogen and oxygen atoms in total. The fourth-order valence-electron chi connectivity index (χ4n) is 11.5. The number of hydrogen-bond donors (Lipinski definition) is 3. The Morgan fingerprint density at radius 2 is 0.490 bits per heavy atom. The second-order valence-corrected chi connectivity index (χ2v) is 30.6. The van der Waals surface area contributed by atoms with Gasteiger partial charge in [0.05, 0.1) is 26.4 Å². The van der Waals surface area contributed by atoms with E-state index in [-0.39, 0.29) is 25.7 Å². The summed E-state index contributed by atoms with van der Waals surface area (Å²) < 4.78 is 68.6. The minimum absolute atomic E-state index is 0.0998. The number of ether oxygens (including phenoxy) is 4. The van der Waals surface area contributed by atoms with Crippen molar-refractivity contribution in [2.75, 3.05) is 39.6 Å². The normalized spacial score (nSPS) is 14.1. The second-order valence-electron chi connectivity index (χ2n) is 27.7. The number of aliphatic hydroxyl groups excluding tert-OH is 1. The molecule has 100 heavy (non-hydrogen) atoms. The van der Waals surface area contributed by atoms with Crippen LogP contribution in [0.3, 0.4) is 0 Å². The largest absolute Gasteiger partial charge is 0.472 e. The lowest BCUT2D eigenvalue weighted by Gasteiger charge is -2.21. The zero-order chi connectivity index (χ0) is 73.2.